The molecule has 0 aromatic heterocycles. The molecule has 0 unspecified atom stereocenters. The van der Waals surface area contributed by atoms with Crippen LogP contribution in [0, 0.1) is 11.8 Å². The summed E-state index contributed by atoms with van der Waals surface area (Å²) in [6, 6.07) is 0. The van der Waals surface area contributed by atoms with E-state index < -0.39 is 0 Å². The van der Waals surface area contributed by atoms with Gasteiger partial charge >= 0.3 is 0 Å². The zero-order valence-corrected chi connectivity index (χ0v) is 13.7. The van der Waals surface area contributed by atoms with Crippen LogP contribution in [-0.2, 0) is 0 Å². The summed E-state index contributed by atoms with van der Waals surface area (Å²) in [6.07, 6.45) is 9.43. The molecule has 0 amide bonds. The van der Waals surface area contributed by atoms with Gasteiger partial charge in [-0.2, -0.15) is 0 Å². The lowest BCUT2D eigenvalue weighted by atomic mass is 9.81. The van der Waals surface area contributed by atoms with Crippen LogP contribution in [0.15, 0.2) is 4.99 Å². The Labute approximate surface area is 123 Å². The average molecular weight is 282 g/mol. The third-order valence-corrected chi connectivity index (χ3v) is 6.34. The number of hydrogen-bond donors (Lipinski definition) is 1. The first-order valence-electron chi connectivity index (χ1n) is 8.13. The molecule has 2 fully saturated rings. The number of nitrogens with one attached hydrogen (secondary N) is 1. The van der Waals surface area contributed by atoms with Crippen molar-refractivity contribution in [3.8, 4) is 0 Å². The quantitative estimate of drug-likeness (QED) is 0.805. The van der Waals surface area contributed by atoms with Crippen LogP contribution in [0.4, 0.5) is 0 Å². The molecule has 1 aliphatic carbocycles. The Hall–Kier alpha value is -0.180. The number of aliphatic imine (C=N–C) groups is 1. The molecular formula is C16H30N2S. The molecule has 1 heterocycles. The fraction of sp³-hybridized carbons (Fsp3) is 0.938. The first kappa shape index (κ1) is 15.2. The lowest BCUT2D eigenvalue weighted by Crippen LogP contribution is -2.42. The van der Waals surface area contributed by atoms with Gasteiger partial charge in [0.25, 0.3) is 0 Å². The van der Waals surface area contributed by atoms with E-state index in [-0.39, 0.29) is 0 Å². The van der Waals surface area contributed by atoms with Crippen LogP contribution in [0.3, 0.4) is 0 Å². The number of rotatable bonds is 5. The zero-order valence-electron chi connectivity index (χ0n) is 12.9. The number of nitrogens with zero attached hydrogens (tertiary/aromatic N) is 1. The Morgan fingerprint density at radius 1 is 1.21 bits per heavy atom. The minimum atomic E-state index is 0.323. The highest BCUT2D eigenvalue weighted by Crippen LogP contribution is 2.31. The third kappa shape index (κ3) is 4.14. The van der Waals surface area contributed by atoms with Gasteiger partial charge in [0.1, 0.15) is 0 Å². The Balaban J connectivity index is 1.72. The summed E-state index contributed by atoms with van der Waals surface area (Å²) >= 11 is 1.92. The molecule has 3 heteroatoms. The lowest BCUT2D eigenvalue weighted by Gasteiger charge is -2.26. The molecule has 19 heavy (non-hydrogen) atoms. The van der Waals surface area contributed by atoms with E-state index in [4.69, 9.17) is 4.99 Å². The Kier molecular flexibility index (Phi) is 5.61. The molecule has 0 aromatic rings. The normalized spacial score (nSPS) is 32.5. The van der Waals surface area contributed by atoms with Gasteiger partial charge in [0.2, 0.25) is 0 Å². The third-order valence-electron chi connectivity index (χ3n) is 5.14. The Bertz CT molecular complexity index is 302. The van der Waals surface area contributed by atoms with E-state index in [0.29, 0.717) is 5.54 Å². The predicted octanol–water partition coefficient (Wildman–Crippen LogP) is 4.45. The first-order chi connectivity index (χ1) is 9.17. The summed E-state index contributed by atoms with van der Waals surface area (Å²) in [5.41, 5.74) is 0.323. The van der Waals surface area contributed by atoms with E-state index in [1.165, 1.54) is 55.9 Å². The standard InChI is InChI=1S/C16H30N2S/c1-4-16(5-2)12-19-15(18-16)17-11-10-14-8-6-13(3)7-9-14/h13-14H,4-12H2,1-3H3,(H,17,18). The Morgan fingerprint density at radius 2 is 1.89 bits per heavy atom. The van der Waals surface area contributed by atoms with E-state index >= 15 is 0 Å². The van der Waals surface area contributed by atoms with Crippen molar-refractivity contribution in [3.63, 3.8) is 0 Å². The second kappa shape index (κ2) is 7.01. The summed E-state index contributed by atoms with van der Waals surface area (Å²) in [6.45, 7) is 7.98. The van der Waals surface area contributed by atoms with Crippen molar-refractivity contribution in [2.75, 3.05) is 12.3 Å². The maximum Gasteiger partial charge on any atom is 0.157 e. The molecule has 0 spiro atoms. The summed E-state index contributed by atoms with van der Waals surface area (Å²) in [4.78, 5) is 4.80. The molecule has 0 atom stereocenters. The molecule has 2 nitrogen and oxygen atoms in total. The van der Waals surface area contributed by atoms with E-state index in [2.05, 4.69) is 26.1 Å². The van der Waals surface area contributed by atoms with Crippen LogP contribution in [0.25, 0.3) is 0 Å². The fourth-order valence-corrected chi connectivity index (χ4v) is 4.55. The highest BCUT2D eigenvalue weighted by molar-refractivity contribution is 8.14. The second-order valence-electron chi connectivity index (χ2n) is 6.50. The van der Waals surface area contributed by atoms with Crippen LogP contribution >= 0.6 is 11.8 Å². The second-order valence-corrected chi connectivity index (χ2v) is 7.47. The van der Waals surface area contributed by atoms with E-state index in [9.17, 15) is 0 Å². The molecule has 1 aliphatic heterocycles. The largest absolute Gasteiger partial charge is 0.359 e. The van der Waals surface area contributed by atoms with E-state index in [0.717, 1.165) is 18.4 Å². The van der Waals surface area contributed by atoms with Crippen molar-refractivity contribution in [2.45, 2.75) is 71.3 Å². The summed E-state index contributed by atoms with van der Waals surface area (Å²) < 4.78 is 0. The predicted molar refractivity (Wildman–Crippen MR) is 86.9 cm³/mol. The van der Waals surface area contributed by atoms with Crippen molar-refractivity contribution in [3.05, 3.63) is 0 Å². The topological polar surface area (TPSA) is 24.4 Å². The maximum atomic E-state index is 4.80. The minimum absolute atomic E-state index is 0.323. The molecule has 1 saturated carbocycles. The van der Waals surface area contributed by atoms with Crippen molar-refractivity contribution < 1.29 is 0 Å². The van der Waals surface area contributed by atoms with Gasteiger partial charge < -0.3 is 5.32 Å². The van der Waals surface area contributed by atoms with Crippen LogP contribution < -0.4 is 5.32 Å². The molecule has 1 saturated heterocycles. The zero-order chi connectivity index (χ0) is 13.7. The highest BCUT2D eigenvalue weighted by atomic mass is 32.2. The molecule has 110 valence electrons. The summed E-state index contributed by atoms with van der Waals surface area (Å²) in [5, 5.41) is 4.86. The number of hydrogen-bond acceptors (Lipinski definition) is 2. The smallest absolute Gasteiger partial charge is 0.157 e. The van der Waals surface area contributed by atoms with Crippen LogP contribution in [-0.4, -0.2) is 23.0 Å². The highest BCUT2D eigenvalue weighted by Gasteiger charge is 2.33. The molecule has 0 radical (unpaired) electrons. The maximum absolute atomic E-state index is 4.80. The average Bonchev–Trinajstić information content (AvgIpc) is 2.85. The van der Waals surface area contributed by atoms with Crippen LogP contribution in [0.5, 0.6) is 0 Å². The number of thioether (sulfide) groups is 1. The fourth-order valence-electron chi connectivity index (χ4n) is 3.19. The van der Waals surface area contributed by atoms with E-state index in [1.807, 2.05) is 11.8 Å². The van der Waals surface area contributed by atoms with Gasteiger partial charge in [0.05, 0.1) is 0 Å². The van der Waals surface area contributed by atoms with Crippen molar-refractivity contribution >= 4 is 16.9 Å². The number of amidine groups is 1. The van der Waals surface area contributed by atoms with Gasteiger partial charge in [0.15, 0.2) is 5.17 Å². The monoisotopic (exact) mass is 282 g/mol. The van der Waals surface area contributed by atoms with Gasteiger partial charge in [0, 0.05) is 17.8 Å². The lowest BCUT2D eigenvalue weighted by molar-refractivity contribution is 0.280. The van der Waals surface area contributed by atoms with Crippen molar-refractivity contribution in [1.29, 1.82) is 0 Å². The van der Waals surface area contributed by atoms with Gasteiger partial charge in [-0.15, -0.1) is 0 Å². The van der Waals surface area contributed by atoms with Crippen LogP contribution in [0.2, 0.25) is 0 Å². The molecule has 1 N–H and O–H groups in total. The van der Waals surface area contributed by atoms with Crippen molar-refractivity contribution in [2.24, 2.45) is 16.8 Å². The Morgan fingerprint density at radius 3 is 2.47 bits per heavy atom. The van der Waals surface area contributed by atoms with E-state index in [1.54, 1.807) is 0 Å². The van der Waals surface area contributed by atoms with Gasteiger partial charge in [-0.05, 0) is 31.1 Å². The molecule has 0 bridgehead atoms. The molecular weight excluding hydrogens is 252 g/mol. The first-order valence-corrected chi connectivity index (χ1v) is 9.11. The van der Waals surface area contributed by atoms with Gasteiger partial charge in [-0.1, -0.05) is 58.2 Å². The van der Waals surface area contributed by atoms with Gasteiger partial charge in [-0.25, -0.2) is 0 Å². The summed E-state index contributed by atoms with van der Waals surface area (Å²) in [7, 11) is 0. The summed E-state index contributed by atoms with van der Waals surface area (Å²) in [5.74, 6) is 3.10. The van der Waals surface area contributed by atoms with Crippen molar-refractivity contribution in [1.82, 2.24) is 5.32 Å². The minimum Gasteiger partial charge on any atom is -0.359 e. The van der Waals surface area contributed by atoms with Crippen LogP contribution in [0.1, 0.15) is 65.7 Å². The molecule has 0 aromatic carbocycles. The molecule has 2 aliphatic rings. The molecule has 2 rings (SSSR count). The SMILES string of the molecule is CCC1(CC)CSC(=NCCC2CCC(C)CC2)N1. The van der Waals surface area contributed by atoms with Gasteiger partial charge in [-0.3, -0.25) is 4.99 Å².